The molecule has 0 radical (unpaired) electrons. The van der Waals surface area contributed by atoms with Gasteiger partial charge in [0.05, 0.1) is 6.61 Å². The molecule has 2 aromatic carbocycles. The molecule has 0 aliphatic heterocycles. The van der Waals surface area contributed by atoms with Gasteiger partial charge in [-0.05, 0) is 64.3 Å². The molecule has 0 aliphatic rings. The predicted octanol–water partition coefficient (Wildman–Crippen LogP) is 5.01. The molecule has 2 rings (SSSR count). The number of hydrogen-bond donors (Lipinski definition) is 4. The normalized spacial score (nSPS) is 13.1. The number of carboxylic acids is 1. The Bertz CT molecular complexity index is 903. The Morgan fingerprint density at radius 2 is 1.55 bits per heavy atom. The van der Waals surface area contributed by atoms with Crippen molar-refractivity contribution in [1.82, 2.24) is 5.32 Å². The van der Waals surface area contributed by atoms with Crippen LogP contribution in [0.2, 0.25) is 0 Å². The lowest BCUT2D eigenvalue weighted by Crippen LogP contribution is -2.29. The molecule has 6 heteroatoms. The van der Waals surface area contributed by atoms with E-state index in [0.29, 0.717) is 29.0 Å². The third kappa shape index (κ3) is 5.91. The summed E-state index contributed by atoms with van der Waals surface area (Å²) in [5.74, 6) is -0.381. The van der Waals surface area contributed by atoms with Crippen molar-refractivity contribution in [3.8, 4) is 17.2 Å². The second-order valence-corrected chi connectivity index (χ2v) is 9.85. The number of phenols is 2. The molecule has 1 unspecified atom stereocenters. The van der Waals surface area contributed by atoms with E-state index in [1.165, 1.54) is 6.07 Å². The third-order valence-corrected chi connectivity index (χ3v) is 5.16. The van der Waals surface area contributed by atoms with Crippen molar-refractivity contribution >= 4 is 5.97 Å². The van der Waals surface area contributed by atoms with Gasteiger partial charge in [-0.25, -0.2) is 0 Å². The van der Waals surface area contributed by atoms with Crippen molar-refractivity contribution in [3.63, 3.8) is 0 Å². The van der Waals surface area contributed by atoms with Gasteiger partial charge in [0.15, 0.2) is 11.5 Å². The van der Waals surface area contributed by atoms with E-state index in [-0.39, 0.29) is 28.9 Å². The summed E-state index contributed by atoms with van der Waals surface area (Å²) in [5.41, 5.74) is 2.10. The molecule has 0 saturated carbocycles. The van der Waals surface area contributed by atoms with Crippen molar-refractivity contribution in [2.75, 3.05) is 6.61 Å². The summed E-state index contributed by atoms with van der Waals surface area (Å²) in [6.45, 7) is 14.5. The number of benzene rings is 2. The molecule has 0 bridgehead atoms. The van der Waals surface area contributed by atoms with Crippen molar-refractivity contribution in [1.29, 1.82) is 0 Å². The molecule has 0 saturated heterocycles. The van der Waals surface area contributed by atoms with Gasteiger partial charge in [-0.1, -0.05) is 47.6 Å². The average Bonchev–Trinajstić information content (AvgIpc) is 2.63. The van der Waals surface area contributed by atoms with Gasteiger partial charge >= 0.3 is 5.97 Å². The molecular weight excluding hydrogens is 394 g/mol. The predicted molar refractivity (Wildman–Crippen MR) is 122 cm³/mol. The minimum atomic E-state index is -1.01. The Balaban J connectivity index is 2.45. The summed E-state index contributed by atoms with van der Waals surface area (Å²) in [4.78, 5) is 12.2. The van der Waals surface area contributed by atoms with Crippen LogP contribution in [0.3, 0.4) is 0 Å². The highest BCUT2D eigenvalue weighted by atomic mass is 16.5. The lowest BCUT2D eigenvalue weighted by atomic mass is 9.77. The first-order valence-electron chi connectivity index (χ1n) is 10.5. The zero-order valence-electron chi connectivity index (χ0n) is 19.5. The minimum absolute atomic E-state index is 0.0450. The fraction of sp³-hybridized carbons (Fsp3) is 0.480. The Morgan fingerprint density at radius 3 is 2.00 bits per heavy atom. The zero-order valence-corrected chi connectivity index (χ0v) is 19.5. The van der Waals surface area contributed by atoms with Crippen molar-refractivity contribution in [2.45, 2.75) is 71.9 Å². The highest BCUT2D eigenvalue weighted by Gasteiger charge is 2.30. The number of hydrogen-bond acceptors (Lipinski definition) is 5. The molecule has 2 aromatic rings. The molecule has 0 spiro atoms. The maximum absolute atomic E-state index is 12.2. The Morgan fingerprint density at radius 1 is 1.00 bits per heavy atom. The number of rotatable bonds is 7. The van der Waals surface area contributed by atoms with Crippen molar-refractivity contribution < 1.29 is 24.9 Å². The van der Waals surface area contributed by atoms with Crippen LogP contribution in [0.15, 0.2) is 30.3 Å². The average molecular weight is 430 g/mol. The van der Waals surface area contributed by atoms with E-state index < -0.39 is 12.0 Å². The summed E-state index contributed by atoms with van der Waals surface area (Å²) >= 11 is 0. The first-order chi connectivity index (χ1) is 14.3. The molecule has 0 aromatic heterocycles. The lowest BCUT2D eigenvalue weighted by molar-refractivity contribution is -0.139. The topological polar surface area (TPSA) is 99.0 Å². The van der Waals surface area contributed by atoms with E-state index in [1.54, 1.807) is 24.3 Å². The zero-order chi connectivity index (χ0) is 23.6. The van der Waals surface area contributed by atoms with Crippen LogP contribution in [0.1, 0.15) is 76.8 Å². The van der Waals surface area contributed by atoms with E-state index in [2.05, 4.69) is 5.32 Å². The van der Waals surface area contributed by atoms with Gasteiger partial charge in [-0.15, -0.1) is 0 Å². The molecule has 0 fully saturated rings. The van der Waals surface area contributed by atoms with Crippen LogP contribution in [0.5, 0.6) is 17.2 Å². The van der Waals surface area contributed by atoms with Crippen molar-refractivity contribution in [2.24, 2.45) is 0 Å². The van der Waals surface area contributed by atoms with Gasteiger partial charge in [-0.3, -0.25) is 10.1 Å². The number of ether oxygens (including phenoxy) is 1. The maximum Gasteiger partial charge on any atom is 0.325 e. The molecule has 170 valence electrons. The lowest BCUT2D eigenvalue weighted by Gasteiger charge is -2.29. The van der Waals surface area contributed by atoms with Gasteiger partial charge in [0.2, 0.25) is 0 Å². The number of nitrogens with one attached hydrogen (secondary N) is 1. The van der Waals surface area contributed by atoms with Gasteiger partial charge in [0, 0.05) is 6.54 Å². The van der Waals surface area contributed by atoms with Crippen LogP contribution >= 0.6 is 0 Å². The largest absolute Gasteiger partial charge is 0.507 e. The van der Waals surface area contributed by atoms with Crippen LogP contribution in [0, 0.1) is 0 Å². The molecule has 4 N–H and O–H groups in total. The molecule has 0 amide bonds. The monoisotopic (exact) mass is 429 g/mol. The first kappa shape index (κ1) is 24.5. The highest BCUT2D eigenvalue weighted by Crippen LogP contribution is 2.41. The van der Waals surface area contributed by atoms with Gasteiger partial charge in [-0.2, -0.15) is 0 Å². The third-order valence-electron chi connectivity index (χ3n) is 5.16. The molecule has 31 heavy (non-hydrogen) atoms. The summed E-state index contributed by atoms with van der Waals surface area (Å²) < 4.78 is 5.41. The van der Waals surface area contributed by atoms with E-state index in [9.17, 15) is 20.1 Å². The quantitative estimate of drug-likeness (QED) is 0.494. The summed E-state index contributed by atoms with van der Waals surface area (Å²) in [7, 11) is 0. The molecule has 1 atom stereocenters. The van der Waals surface area contributed by atoms with Gasteiger partial charge < -0.3 is 20.1 Å². The van der Waals surface area contributed by atoms with E-state index in [0.717, 1.165) is 5.56 Å². The second kappa shape index (κ2) is 9.18. The van der Waals surface area contributed by atoms with E-state index >= 15 is 0 Å². The standard InChI is InChI=1S/C25H35NO5/c1-8-31-20-11-15(9-10-19(20)27)14-26-21(23(29)30)16-12-17(24(2,3)4)22(28)18(13-16)25(5,6)7/h9-13,21,26-28H,8,14H2,1-7H3,(H,29,30). The Hall–Kier alpha value is -2.73. The highest BCUT2D eigenvalue weighted by molar-refractivity contribution is 5.76. The van der Waals surface area contributed by atoms with Crippen LogP contribution in [-0.2, 0) is 22.2 Å². The first-order valence-corrected chi connectivity index (χ1v) is 10.5. The van der Waals surface area contributed by atoms with Gasteiger partial charge in [0.1, 0.15) is 11.8 Å². The smallest absolute Gasteiger partial charge is 0.325 e. The number of carbonyl (C=O) groups is 1. The van der Waals surface area contributed by atoms with E-state index in [4.69, 9.17) is 4.74 Å². The number of phenolic OH excluding ortho intramolecular Hbond substituents is 2. The van der Waals surface area contributed by atoms with Crippen LogP contribution in [0.4, 0.5) is 0 Å². The van der Waals surface area contributed by atoms with Crippen molar-refractivity contribution in [3.05, 3.63) is 52.6 Å². The SMILES string of the molecule is CCOc1cc(CNC(C(=O)O)c2cc(C(C)(C)C)c(O)c(C(C)(C)C)c2)ccc1O. The number of aliphatic carboxylic acids is 1. The molecular formula is C25H35NO5. The Labute approximate surface area is 184 Å². The molecule has 0 aliphatic carbocycles. The second-order valence-electron chi connectivity index (χ2n) is 9.85. The van der Waals surface area contributed by atoms with Gasteiger partial charge in [0.25, 0.3) is 0 Å². The van der Waals surface area contributed by atoms with Crippen LogP contribution in [-0.4, -0.2) is 27.9 Å². The summed E-state index contributed by atoms with van der Waals surface area (Å²) in [6, 6.07) is 7.54. The summed E-state index contributed by atoms with van der Waals surface area (Å²) in [5, 5.41) is 33.9. The fourth-order valence-corrected chi connectivity index (χ4v) is 3.47. The van der Waals surface area contributed by atoms with E-state index in [1.807, 2.05) is 48.5 Å². The molecule has 6 nitrogen and oxygen atoms in total. The number of carboxylic acid groups (broad SMARTS) is 1. The molecule has 0 heterocycles. The minimum Gasteiger partial charge on any atom is -0.507 e. The number of aromatic hydroxyl groups is 2. The fourth-order valence-electron chi connectivity index (χ4n) is 3.47. The van der Waals surface area contributed by atoms with Crippen LogP contribution in [0.25, 0.3) is 0 Å². The maximum atomic E-state index is 12.2. The summed E-state index contributed by atoms with van der Waals surface area (Å²) in [6.07, 6.45) is 0. The van der Waals surface area contributed by atoms with Crippen LogP contribution < -0.4 is 10.1 Å². The Kier molecular flexibility index (Phi) is 7.27.